The van der Waals surface area contributed by atoms with E-state index in [1.165, 1.54) is 24.3 Å². The van der Waals surface area contributed by atoms with Gasteiger partial charge in [0.1, 0.15) is 11.3 Å². The quantitative estimate of drug-likeness (QED) is 0.301. The Labute approximate surface area is 226 Å². The highest BCUT2D eigenvalue weighted by atomic mass is 35.5. The van der Waals surface area contributed by atoms with E-state index < -0.39 is 23.8 Å². The number of anilines is 2. The Morgan fingerprint density at radius 1 is 0.973 bits per heavy atom. The molecule has 2 N–H and O–H groups in total. The van der Waals surface area contributed by atoms with Gasteiger partial charge in [0, 0.05) is 15.7 Å². The van der Waals surface area contributed by atoms with Crippen LogP contribution in [0.3, 0.4) is 0 Å². The summed E-state index contributed by atoms with van der Waals surface area (Å²) in [5.41, 5.74) is 1.67. The maximum atomic E-state index is 13.1. The molecule has 11 heteroatoms. The number of nitrogens with one attached hydrogen (secondary N) is 2. The number of benzene rings is 3. The molecule has 0 spiro atoms. The van der Waals surface area contributed by atoms with E-state index in [9.17, 15) is 19.2 Å². The van der Waals surface area contributed by atoms with Crippen LogP contribution in [0.15, 0.2) is 66.2 Å². The lowest BCUT2D eigenvalue weighted by atomic mass is 10.1. The summed E-state index contributed by atoms with van der Waals surface area (Å²) in [6, 6.07) is 14.9. The summed E-state index contributed by atoms with van der Waals surface area (Å²) in [6.07, 6.45) is 1.30. The third-order valence-electron chi connectivity index (χ3n) is 5.27. The van der Waals surface area contributed by atoms with Gasteiger partial charge in [-0.05, 0) is 72.7 Å². The van der Waals surface area contributed by atoms with Crippen molar-refractivity contribution in [3.8, 4) is 5.75 Å². The third-order valence-corrected chi connectivity index (χ3v) is 6.22. The minimum atomic E-state index is -0.884. The lowest BCUT2D eigenvalue weighted by Crippen LogP contribution is -2.54. The van der Waals surface area contributed by atoms with Gasteiger partial charge in [-0.3, -0.25) is 19.7 Å². The van der Waals surface area contributed by atoms with E-state index >= 15 is 0 Å². The summed E-state index contributed by atoms with van der Waals surface area (Å²) in [7, 11) is 0. The first-order valence-electron chi connectivity index (χ1n) is 10.8. The fraction of sp³-hybridized carbons (Fsp3) is 0.0769. The number of carbonyl (C=O) groups excluding carboxylic acids is 4. The number of hydrogen-bond acceptors (Lipinski definition) is 5. The highest BCUT2D eigenvalue weighted by Gasteiger charge is 2.37. The predicted molar refractivity (Wildman–Crippen MR) is 142 cm³/mol. The van der Waals surface area contributed by atoms with Gasteiger partial charge in [-0.2, -0.15) is 0 Å². The van der Waals surface area contributed by atoms with Crippen LogP contribution in [0.2, 0.25) is 15.1 Å². The number of rotatable bonds is 6. The molecular weight excluding hydrogens is 541 g/mol. The summed E-state index contributed by atoms with van der Waals surface area (Å²) in [4.78, 5) is 50.9. The Bertz CT molecular complexity index is 1450. The molecule has 0 saturated carbocycles. The zero-order chi connectivity index (χ0) is 26.7. The van der Waals surface area contributed by atoms with Gasteiger partial charge in [0.15, 0.2) is 6.61 Å². The van der Waals surface area contributed by atoms with Crippen molar-refractivity contribution >= 4 is 76.0 Å². The highest BCUT2D eigenvalue weighted by molar-refractivity contribution is 6.39. The zero-order valence-electron chi connectivity index (χ0n) is 19.2. The first-order chi connectivity index (χ1) is 17.6. The van der Waals surface area contributed by atoms with Gasteiger partial charge in [-0.1, -0.05) is 46.9 Å². The molecule has 0 atom stereocenters. The van der Waals surface area contributed by atoms with E-state index in [0.717, 1.165) is 10.5 Å². The third kappa shape index (κ3) is 6.11. The highest BCUT2D eigenvalue weighted by Crippen LogP contribution is 2.29. The Balaban J connectivity index is 1.48. The number of hydrogen-bond donors (Lipinski definition) is 2. The number of amides is 5. The molecule has 5 amide bonds. The maximum Gasteiger partial charge on any atom is 0.335 e. The van der Waals surface area contributed by atoms with E-state index in [1.54, 1.807) is 49.4 Å². The van der Waals surface area contributed by atoms with Crippen LogP contribution in [0, 0.1) is 6.92 Å². The number of aryl methyl sites for hydroxylation is 1. The molecule has 8 nitrogen and oxygen atoms in total. The van der Waals surface area contributed by atoms with E-state index in [1.807, 2.05) is 0 Å². The molecule has 3 aromatic carbocycles. The largest absolute Gasteiger partial charge is 0.482 e. The van der Waals surface area contributed by atoms with E-state index in [0.29, 0.717) is 21.3 Å². The van der Waals surface area contributed by atoms with Crippen LogP contribution < -0.4 is 20.3 Å². The number of urea groups is 1. The second-order valence-electron chi connectivity index (χ2n) is 7.92. The van der Waals surface area contributed by atoms with Gasteiger partial charge < -0.3 is 10.1 Å². The number of imide groups is 2. The summed E-state index contributed by atoms with van der Waals surface area (Å²) >= 11 is 18.3. The molecule has 0 radical (unpaired) electrons. The van der Waals surface area contributed by atoms with E-state index in [2.05, 4.69) is 10.6 Å². The average molecular weight is 559 g/mol. The van der Waals surface area contributed by atoms with Gasteiger partial charge in [0.2, 0.25) is 0 Å². The lowest BCUT2D eigenvalue weighted by Gasteiger charge is -2.26. The van der Waals surface area contributed by atoms with E-state index in [-0.39, 0.29) is 28.6 Å². The summed E-state index contributed by atoms with van der Waals surface area (Å²) < 4.78 is 5.49. The molecule has 188 valence electrons. The van der Waals surface area contributed by atoms with Gasteiger partial charge in [-0.15, -0.1) is 0 Å². The van der Waals surface area contributed by atoms with Crippen LogP contribution in [-0.2, 0) is 14.4 Å². The van der Waals surface area contributed by atoms with Crippen LogP contribution in [0.1, 0.15) is 11.1 Å². The standard InChI is InChI=1S/C26H18Cl3N3O5/c1-14-2-8-18(12-20(14)28)32-25(35)19(24(34)31-26(32)36)10-15-3-9-22(21(29)11-15)37-13-23(33)30-17-6-4-16(27)5-7-17/h2-12H,13H2,1H3,(H,30,33)(H,31,34,36)/b19-10+. The van der Waals surface area contributed by atoms with Crippen molar-refractivity contribution in [2.75, 3.05) is 16.8 Å². The topological polar surface area (TPSA) is 105 Å². The van der Waals surface area contributed by atoms with Crippen molar-refractivity contribution in [2.24, 2.45) is 0 Å². The van der Waals surface area contributed by atoms with Crippen LogP contribution in [0.4, 0.5) is 16.2 Å². The summed E-state index contributed by atoms with van der Waals surface area (Å²) in [5.74, 6) is -1.85. The molecule has 0 bridgehead atoms. The number of ether oxygens (including phenoxy) is 1. The minimum absolute atomic E-state index is 0.149. The molecule has 1 aliphatic heterocycles. The predicted octanol–water partition coefficient (Wildman–Crippen LogP) is 5.64. The van der Waals surface area contributed by atoms with Crippen LogP contribution in [-0.4, -0.2) is 30.4 Å². The SMILES string of the molecule is Cc1ccc(N2C(=O)NC(=O)/C(=C\c3ccc(OCC(=O)Nc4ccc(Cl)cc4)c(Cl)c3)C2=O)cc1Cl. The Morgan fingerprint density at radius 3 is 2.38 bits per heavy atom. The van der Waals surface area contributed by atoms with Crippen molar-refractivity contribution in [2.45, 2.75) is 6.92 Å². The molecule has 3 aromatic rings. The fourth-order valence-electron chi connectivity index (χ4n) is 3.38. The molecule has 4 rings (SSSR count). The second-order valence-corrected chi connectivity index (χ2v) is 9.18. The number of carbonyl (C=O) groups is 4. The molecule has 0 aliphatic carbocycles. The van der Waals surface area contributed by atoms with E-state index in [4.69, 9.17) is 39.5 Å². The number of barbiturate groups is 1. The second kappa shape index (κ2) is 11.0. The van der Waals surface area contributed by atoms with Crippen molar-refractivity contribution in [3.63, 3.8) is 0 Å². The van der Waals surface area contributed by atoms with Crippen molar-refractivity contribution in [1.82, 2.24) is 5.32 Å². The normalized spacial score (nSPS) is 14.5. The van der Waals surface area contributed by atoms with Crippen LogP contribution in [0.5, 0.6) is 5.75 Å². The Hall–Kier alpha value is -3.85. The van der Waals surface area contributed by atoms with Crippen molar-refractivity contribution in [3.05, 3.63) is 92.4 Å². The Morgan fingerprint density at radius 2 is 1.70 bits per heavy atom. The van der Waals surface area contributed by atoms with Gasteiger partial charge >= 0.3 is 6.03 Å². The fourth-order valence-corrected chi connectivity index (χ4v) is 3.92. The van der Waals surface area contributed by atoms with Crippen LogP contribution >= 0.6 is 34.8 Å². The smallest absolute Gasteiger partial charge is 0.335 e. The van der Waals surface area contributed by atoms with Gasteiger partial charge in [0.25, 0.3) is 17.7 Å². The first-order valence-corrected chi connectivity index (χ1v) is 11.9. The number of halogens is 3. The minimum Gasteiger partial charge on any atom is -0.482 e. The molecule has 1 heterocycles. The molecular formula is C26H18Cl3N3O5. The van der Waals surface area contributed by atoms with Gasteiger partial charge in [0.05, 0.1) is 10.7 Å². The van der Waals surface area contributed by atoms with Crippen LogP contribution in [0.25, 0.3) is 6.08 Å². The first kappa shape index (κ1) is 26.2. The Kier molecular flexibility index (Phi) is 7.83. The molecule has 1 saturated heterocycles. The summed E-state index contributed by atoms with van der Waals surface area (Å²) in [6.45, 7) is 1.47. The molecule has 0 aromatic heterocycles. The molecule has 0 unspecified atom stereocenters. The lowest BCUT2D eigenvalue weighted by molar-refractivity contribution is -0.122. The summed E-state index contributed by atoms with van der Waals surface area (Å²) in [5, 5.41) is 5.87. The van der Waals surface area contributed by atoms with Crippen molar-refractivity contribution < 1.29 is 23.9 Å². The average Bonchev–Trinajstić information content (AvgIpc) is 2.84. The number of nitrogens with zero attached hydrogens (tertiary/aromatic N) is 1. The maximum absolute atomic E-state index is 13.1. The zero-order valence-corrected chi connectivity index (χ0v) is 21.4. The monoisotopic (exact) mass is 557 g/mol. The molecule has 1 fully saturated rings. The molecule has 1 aliphatic rings. The van der Waals surface area contributed by atoms with Gasteiger partial charge in [-0.25, -0.2) is 9.69 Å². The molecule has 37 heavy (non-hydrogen) atoms. The van der Waals surface area contributed by atoms with Crippen molar-refractivity contribution in [1.29, 1.82) is 0 Å².